The fraction of sp³-hybridized carbons (Fsp3) is 0.333. The third kappa shape index (κ3) is 4.59. The molecule has 2 aromatic heterocycles. The van der Waals surface area contributed by atoms with E-state index < -0.39 is 0 Å². The number of fused-ring (bicyclic) bond motifs is 3. The summed E-state index contributed by atoms with van der Waals surface area (Å²) in [4.78, 5) is 29.0. The molecule has 8 rings (SSSR count). The van der Waals surface area contributed by atoms with Crippen molar-refractivity contribution in [1.29, 1.82) is 0 Å². The highest BCUT2D eigenvalue weighted by Crippen LogP contribution is 2.46. The van der Waals surface area contributed by atoms with E-state index in [0.717, 1.165) is 64.0 Å². The average molecular weight is 605 g/mol. The van der Waals surface area contributed by atoms with Crippen LogP contribution in [-0.4, -0.2) is 47.5 Å². The fourth-order valence-corrected chi connectivity index (χ4v) is 8.31. The molecule has 4 heterocycles. The number of thiophene rings is 1. The number of hydrogen-bond acceptors (Lipinski definition) is 5. The molecule has 1 saturated carbocycles. The van der Waals surface area contributed by atoms with E-state index in [4.69, 9.17) is 10.5 Å². The van der Waals surface area contributed by atoms with Gasteiger partial charge < -0.3 is 25.3 Å². The number of nitrogens with one attached hydrogen (secondary N) is 1. The van der Waals surface area contributed by atoms with Crippen LogP contribution in [0.15, 0.2) is 54.6 Å². The number of carbonyl (C=O) groups is 2. The van der Waals surface area contributed by atoms with Gasteiger partial charge in [0, 0.05) is 64.3 Å². The molecule has 0 radical (unpaired) electrons. The summed E-state index contributed by atoms with van der Waals surface area (Å²) in [7, 11) is 1.69. The van der Waals surface area contributed by atoms with Crippen molar-refractivity contribution >= 4 is 44.1 Å². The van der Waals surface area contributed by atoms with Gasteiger partial charge in [0.05, 0.1) is 17.7 Å². The molecular weight excluding hydrogens is 568 g/mol. The van der Waals surface area contributed by atoms with Crippen LogP contribution in [0.25, 0.3) is 42.7 Å². The molecule has 3 N–H and O–H groups in total. The van der Waals surface area contributed by atoms with Crippen LogP contribution in [-0.2, 0) is 13.1 Å². The number of piperidine rings is 1. The zero-order valence-electron chi connectivity index (χ0n) is 25.1. The summed E-state index contributed by atoms with van der Waals surface area (Å²) in [6.07, 6.45) is 4.40. The highest BCUT2D eigenvalue weighted by atomic mass is 32.1. The van der Waals surface area contributed by atoms with Crippen molar-refractivity contribution < 1.29 is 14.3 Å². The first-order chi connectivity index (χ1) is 21.4. The number of aromatic nitrogens is 1. The molecule has 8 heteroatoms. The smallest absolute Gasteiger partial charge is 0.254 e. The molecule has 3 aromatic carbocycles. The Hall–Kier alpha value is -4.14. The standard InChI is InChI=1S/C36H36N4O3S/c1-20-33-31(43-2)15-26(36(42)39-11-3-4-27(37)19-39)16-32(33)44-34(20)30-14-24-9-7-23(13-29(24)40(30)18-21-5-6-21)22-8-10-25-17-38-35(41)28(25)12-22/h7-10,12-16,21,27H,3-6,11,17-19,37H2,1-2H3,(H,38,41). The first-order valence-corrected chi connectivity index (χ1v) is 16.4. The first-order valence-electron chi connectivity index (χ1n) is 15.6. The molecule has 2 fully saturated rings. The SMILES string of the molecule is COc1cc(C(=O)N2CCCC(N)C2)cc2sc(-c3cc4ccc(-c5ccc6c(c5)C(=O)NC6)cc4n3CC3CC3)c(C)c12. The molecule has 1 aliphatic carbocycles. The highest BCUT2D eigenvalue weighted by Gasteiger charge is 2.28. The third-order valence-electron chi connectivity index (χ3n) is 9.61. The van der Waals surface area contributed by atoms with Gasteiger partial charge in [-0.15, -0.1) is 11.3 Å². The number of aryl methyl sites for hydroxylation is 1. The molecule has 1 saturated heterocycles. The van der Waals surface area contributed by atoms with Gasteiger partial charge >= 0.3 is 0 Å². The largest absolute Gasteiger partial charge is 0.496 e. The van der Waals surface area contributed by atoms with Crippen molar-refractivity contribution in [3.05, 3.63) is 76.9 Å². The summed E-state index contributed by atoms with van der Waals surface area (Å²) < 4.78 is 9.45. The topological polar surface area (TPSA) is 89.6 Å². The van der Waals surface area contributed by atoms with Crippen LogP contribution >= 0.6 is 11.3 Å². The molecular formula is C36H36N4O3S. The molecule has 0 bridgehead atoms. The van der Waals surface area contributed by atoms with E-state index >= 15 is 0 Å². The van der Waals surface area contributed by atoms with Crippen molar-refractivity contribution in [2.45, 2.75) is 51.7 Å². The monoisotopic (exact) mass is 604 g/mol. The molecule has 2 aliphatic heterocycles. The first kappa shape index (κ1) is 27.4. The van der Waals surface area contributed by atoms with Crippen LogP contribution in [0.3, 0.4) is 0 Å². The van der Waals surface area contributed by atoms with E-state index in [0.29, 0.717) is 24.6 Å². The van der Waals surface area contributed by atoms with E-state index in [1.165, 1.54) is 39.9 Å². The van der Waals surface area contributed by atoms with Gasteiger partial charge in [-0.1, -0.05) is 24.3 Å². The van der Waals surface area contributed by atoms with Crippen LogP contribution in [0.4, 0.5) is 0 Å². The van der Waals surface area contributed by atoms with Gasteiger partial charge in [-0.2, -0.15) is 0 Å². The quantitative estimate of drug-likeness (QED) is 0.225. The Morgan fingerprint density at radius 1 is 1.07 bits per heavy atom. The van der Waals surface area contributed by atoms with Gasteiger partial charge in [-0.25, -0.2) is 0 Å². The van der Waals surface area contributed by atoms with Crippen LogP contribution in [0.5, 0.6) is 5.75 Å². The minimum Gasteiger partial charge on any atom is -0.496 e. The van der Waals surface area contributed by atoms with E-state index in [9.17, 15) is 9.59 Å². The molecule has 5 aromatic rings. The molecule has 0 spiro atoms. The van der Waals surface area contributed by atoms with Gasteiger partial charge in [0.1, 0.15) is 5.75 Å². The highest BCUT2D eigenvalue weighted by molar-refractivity contribution is 7.22. The van der Waals surface area contributed by atoms with Crippen LogP contribution in [0, 0.1) is 12.8 Å². The maximum atomic E-state index is 13.5. The normalized spacial score (nSPS) is 18.2. The second-order valence-electron chi connectivity index (χ2n) is 12.7. The minimum atomic E-state index is 0.00217. The molecule has 1 atom stereocenters. The maximum absolute atomic E-state index is 13.5. The number of nitrogens with zero attached hydrogens (tertiary/aromatic N) is 2. The second kappa shape index (κ2) is 10.5. The molecule has 2 amide bonds. The number of rotatable bonds is 6. The Bertz CT molecular complexity index is 1980. The molecule has 7 nitrogen and oxygen atoms in total. The van der Waals surface area contributed by atoms with E-state index in [1.54, 1.807) is 18.4 Å². The van der Waals surface area contributed by atoms with Gasteiger partial charge in [0.15, 0.2) is 0 Å². The number of amides is 2. The number of nitrogens with two attached hydrogens (primary N) is 1. The van der Waals surface area contributed by atoms with Crippen LogP contribution in [0.2, 0.25) is 0 Å². The summed E-state index contributed by atoms with van der Waals surface area (Å²) in [5.41, 5.74) is 14.4. The number of benzene rings is 3. The zero-order chi connectivity index (χ0) is 30.1. The number of carbonyl (C=O) groups excluding carboxylic acids is 2. The summed E-state index contributed by atoms with van der Waals surface area (Å²) in [6.45, 7) is 5.07. The van der Waals surface area contributed by atoms with Gasteiger partial charge in [0.25, 0.3) is 11.8 Å². The van der Waals surface area contributed by atoms with Crippen molar-refractivity contribution in [3.63, 3.8) is 0 Å². The van der Waals surface area contributed by atoms with Gasteiger partial charge in [-0.3, -0.25) is 9.59 Å². The molecule has 3 aliphatic rings. The summed E-state index contributed by atoms with van der Waals surface area (Å²) in [5.74, 6) is 1.44. The molecule has 1 unspecified atom stereocenters. The maximum Gasteiger partial charge on any atom is 0.254 e. The van der Waals surface area contributed by atoms with Crippen molar-refractivity contribution in [3.8, 4) is 27.4 Å². The number of likely N-dealkylation sites (tertiary alicyclic amines) is 1. The summed E-state index contributed by atoms with van der Waals surface area (Å²) in [5, 5.41) is 5.20. The number of hydrogen-bond donors (Lipinski definition) is 2. The molecule has 44 heavy (non-hydrogen) atoms. The fourth-order valence-electron chi connectivity index (χ4n) is 7.02. The van der Waals surface area contributed by atoms with Crippen LogP contribution in [0.1, 0.15) is 57.5 Å². The lowest BCUT2D eigenvalue weighted by Crippen LogP contribution is -2.45. The summed E-state index contributed by atoms with van der Waals surface area (Å²) >= 11 is 1.74. The lowest BCUT2D eigenvalue weighted by molar-refractivity contribution is 0.0708. The lowest BCUT2D eigenvalue weighted by Gasteiger charge is -2.30. The number of methoxy groups -OCH3 is 1. The Morgan fingerprint density at radius 2 is 1.89 bits per heavy atom. The second-order valence-corrected chi connectivity index (χ2v) is 13.7. The molecule has 224 valence electrons. The van der Waals surface area contributed by atoms with Crippen LogP contribution < -0.4 is 15.8 Å². The van der Waals surface area contributed by atoms with E-state index in [2.05, 4.69) is 53.2 Å². The average Bonchev–Trinajstić information content (AvgIpc) is 3.57. The predicted molar refractivity (Wildman–Crippen MR) is 176 cm³/mol. The summed E-state index contributed by atoms with van der Waals surface area (Å²) in [6, 6.07) is 19.1. The Balaban J connectivity index is 1.24. The van der Waals surface area contributed by atoms with Crippen molar-refractivity contribution in [1.82, 2.24) is 14.8 Å². The van der Waals surface area contributed by atoms with Gasteiger partial charge in [-0.05, 0) is 91.1 Å². The minimum absolute atomic E-state index is 0.00217. The predicted octanol–water partition coefficient (Wildman–Crippen LogP) is 6.72. The van der Waals surface area contributed by atoms with Crippen molar-refractivity contribution in [2.24, 2.45) is 11.7 Å². The lowest BCUT2D eigenvalue weighted by atomic mass is 9.99. The van der Waals surface area contributed by atoms with E-state index in [1.807, 2.05) is 23.1 Å². The van der Waals surface area contributed by atoms with Crippen molar-refractivity contribution in [2.75, 3.05) is 20.2 Å². The Labute approximate surface area is 260 Å². The Kier molecular flexibility index (Phi) is 6.54. The van der Waals surface area contributed by atoms with E-state index in [-0.39, 0.29) is 17.9 Å². The van der Waals surface area contributed by atoms with Gasteiger partial charge in [0.2, 0.25) is 0 Å². The zero-order valence-corrected chi connectivity index (χ0v) is 25.9. The third-order valence-corrected chi connectivity index (χ3v) is 10.9. The number of ether oxygens (including phenoxy) is 1. The Morgan fingerprint density at radius 3 is 2.68 bits per heavy atom.